The van der Waals surface area contributed by atoms with E-state index in [4.69, 9.17) is 8.92 Å². The van der Waals surface area contributed by atoms with Crippen LogP contribution < -0.4 is 0 Å². The van der Waals surface area contributed by atoms with Gasteiger partial charge in [-0.25, -0.2) is 4.79 Å². The molecule has 0 saturated carbocycles. The molecule has 130 valence electrons. The highest BCUT2D eigenvalue weighted by Crippen LogP contribution is 2.19. The summed E-state index contributed by atoms with van der Waals surface area (Å²) in [5, 5.41) is 0. The van der Waals surface area contributed by atoms with Gasteiger partial charge in [-0.05, 0) is 33.6 Å². The molecule has 0 bridgehead atoms. The SMILES string of the molecule is CCCCCCS(=O)(=O)OC1CCN(C(=O)OC(C)(C)C)C1. The summed E-state index contributed by atoms with van der Waals surface area (Å²) in [5.41, 5.74) is -0.554. The zero-order valence-electron chi connectivity index (χ0n) is 14.1. The van der Waals surface area contributed by atoms with Gasteiger partial charge in [0.2, 0.25) is 0 Å². The molecule has 1 fully saturated rings. The molecule has 1 rings (SSSR count). The predicted molar refractivity (Wildman–Crippen MR) is 85.2 cm³/mol. The minimum atomic E-state index is -3.51. The predicted octanol–water partition coefficient (Wildman–Crippen LogP) is 2.92. The number of rotatable bonds is 7. The molecule has 0 aromatic carbocycles. The van der Waals surface area contributed by atoms with E-state index >= 15 is 0 Å². The van der Waals surface area contributed by atoms with Crippen LogP contribution in [0, 0.1) is 0 Å². The summed E-state index contributed by atoms with van der Waals surface area (Å²) in [7, 11) is -3.51. The van der Waals surface area contributed by atoms with Gasteiger partial charge in [0, 0.05) is 6.54 Å². The normalized spacial score (nSPS) is 19.5. The Labute approximate surface area is 134 Å². The number of carbonyl (C=O) groups is 1. The van der Waals surface area contributed by atoms with Gasteiger partial charge in [0.15, 0.2) is 0 Å². The molecule has 1 heterocycles. The Bertz CT molecular complexity index is 455. The van der Waals surface area contributed by atoms with Crippen LogP contribution in [0.5, 0.6) is 0 Å². The fraction of sp³-hybridized carbons (Fsp3) is 0.933. The molecular formula is C15H29NO5S. The summed E-state index contributed by atoms with van der Waals surface area (Å²) in [6, 6.07) is 0. The maximum absolute atomic E-state index is 11.9. The fourth-order valence-corrected chi connectivity index (χ4v) is 3.49. The lowest BCUT2D eigenvalue weighted by Crippen LogP contribution is -2.36. The third kappa shape index (κ3) is 7.45. The minimum absolute atomic E-state index is 0.0515. The van der Waals surface area contributed by atoms with Crippen molar-refractivity contribution in [3.63, 3.8) is 0 Å². The van der Waals surface area contributed by atoms with Crippen LogP contribution in [0.3, 0.4) is 0 Å². The highest BCUT2D eigenvalue weighted by Gasteiger charge is 2.32. The van der Waals surface area contributed by atoms with E-state index in [1.54, 1.807) is 20.8 Å². The molecule has 22 heavy (non-hydrogen) atoms. The van der Waals surface area contributed by atoms with E-state index in [1.165, 1.54) is 4.90 Å². The van der Waals surface area contributed by atoms with E-state index in [0.29, 0.717) is 19.4 Å². The molecule has 0 spiro atoms. The molecule has 6 nitrogen and oxygen atoms in total. The van der Waals surface area contributed by atoms with Gasteiger partial charge in [0.05, 0.1) is 18.4 Å². The molecule has 1 amide bonds. The lowest BCUT2D eigenvalue weighted by molar-refractivity contribution is 0.0276. The highest BCUT2D eigenvalue weighted by atomic mass is 32.2. The van der Waals surface area contributed by atoms with Crippen molar-refractivity contribution >= 4 is 16.2 Å². The summed E-state index contributed by atoms with van der Waals surface area (Å²) in [4.78, 5) is 13.4. The lowest BCUT2D eigenvalue weighted by atomic mass is 10.2. The fourth-order valence-electron chi connectivity index (χ4n) is 2.26. The number of amides is 1. The topological polar surface area (TPSA) is 72.9 Å². The van der Waals surface area contributed by atoms with Crippen molar-refractivity contribution in [2.24, 2.45) is 0 Å². The molecule has 1 aliphatic rings. The summed E-state index contributed by atoms with van der Waals surface area (Å²) in [5.74, 6) is 0.0515. The Kier molecular flexibility index (Phi) is 7.12. The molecule has 0 aromatic heterocycles. The number of ether oxygens (including phenoxy) is 1. The van der Waals surface area contributed by atoms with Crippen molar-refractivity contribution in [1.29, 1.82) is 0 Å². The van der Waals surface area contributed by atoms with Gasteiger partial charge in [-0.2, -0.15) is 8.42 Å². The first kappa shape index (κ1) is 19.2. The van der Waals surface area contributed by atoms with E-state index in [1.807, 2.05) is 0 Å². The van der Waals surface area contributed by atoms with Gasteiger partial charge in [-0.3, -0.25) is 4.18 Å². The summed E-state index contributed by atoms with van der Waals surface area (Å²) in [6.45, 7) is 8.21. The standard InChI is InChI=1S/C15H29NO5S/c1-5-6-7-8-11-22(18,19)21-13-9-10-16(12-13)14(17)20-15(2,3)4/h13H,5-12H2,1-4H3. The molecule has 1 saturated heterocycles. The molecule has 0 aromatic rings. The van der Waals surface area contributed by atoms with Crippen LogP contribution >= 0.6 is 0 Å². The van der Waals surface area contributed by atoms with Gasteiger partial charge >= 0.3 is 6.09 Å². The van der Waals surface area contributed by atoms with Crippen molar-refractivity contribution in [2.45, 2.75) is 71.5 Å². The molecule has 1 atom stereocenters. The van der Waals surface area contributed by atoms with Crippen LogP contribution in [0.25, 0.3) is 0 Å². The molecule has 0 aliphatic carbocycles. The summed E-state index contributed by atoms with van der Waals surface area (Å²) >= 11 is 0. The minimum Gasteiger partial charge on any atom is -0.444 e. The molecule has 0 radical (unpaired) electrons. The summed E-state index contributed by atoms with van der Waals surface area (Å²) < 4.78 is 34.3. The first-order chi connectivity index (χ1) is 10.1. The zero-order valence-corrected chi connectivity index (χ0v) is 14.9. The average Bonchev–Trinajstić information content (AvgIpc) is 2.80. The Morgan fingerprint density at radius 2 is 1.91 bits per heavy atom. The maximum Gasteiger partial charge on any atom is 0.410 e. The quantitative estimate of drug-likeness (QED) is 0.528. The van der Waals surface area contributed by atoms with Crippen LogP contribution in [0.15, 0.2) is 0 Å². The van der Waals surface area contributed by atoms with Crippen LogP contribution in [0.2, 0.25) is 0 Å². The van der Waals surface area contributed by atoms with Gasteiger partial charge in [-0.15, -0.1) is 0 Å². The van der Waals surface area contributed by atoms with Gasteiger partial charge in [0.25, 0.3) is 10.1 Å². The Morgan fingerprint density at radius 1 is 1.23 bits per heavy atom. The van der Waals surface area contributed by atoms with Crippen LogP contribution in [0.4, 0.5) is 4.79 Å². The third-order valence-electron chi connectivity index (χ3n) is 3.33. The smallest absolute Gasteiger partial charge is 0.410 e. The Hall–Kier alpha value is -0.820. The van der Waals surface area contributed by atoms with Gasteiger partial charge < -0.3 is 9.64 Å². The van der Waals surface area contributed by atoms with E-state index < -0.39 is 27.9 Å². The van der Waals surface area contributed by atoms with Crippen molar-refractivity contribution in [3.05, 3.63) is 0 Å². The van der Waals surface area contributed by atoms with Crippen molar-refractivity contribution in [1.82, 2.24) is 4.90 Å². The van der Waals surface area contributed by atoms with E-state index in [-0.39, 0.29) is 12.3 Å². The van der Waals surface area contributed by atoms with Crippen molar-refractivity contribution < 1.29 is 22.1 Å². The Morgan fingerprint density at radius 3 is 2.50 bits per heavy atom. The number of likely N-dealkylation sites (tertiary alicyclic amines) is 1. The van der Waals surface area contributed by atoms with E-state index in [2.05, 4.69) is 6.92 Å². The first-order valence-corrected chi connectivity index (χ1v) is 9.59. The number of hydrogen-bond acceptors (Lipinski definition) is 5. The zero-order chi connectivity index (χ0) is 16.8. The van der Waals surface area contributed by atoms with E-state index in [9.17, 15) is 13.2 Å². The Balaban J connectivity index is 2.38. The third-order valence-corrected chi connectivity index (χ3v) is 4.68. The molecular weight excluding hydrogens is 306 g/mol. The molecule has 0 N–H and O–H groups in total. The summed E-state index contributed by atoms with van der Waals surface area (Å²) in [6.07, 6.45) is 3.27. The van der Waals surface area contributed by atoms with Crippen molar-refractivity contribution in [2.75, 3.05) is 18.8 Å². The molecule has 7 heteroatoms. The number of nitrogens with zero attached hydrogens (tertiary/aromatic N) is 1. The maximum atomic E-state index is 11.9. The molecule has 1 unspecified atom stereocenters. The number of hydrogen-bond donors (Lipinski definition) is 0. The second-order valence-corrected chi connectivity index (χ2v) is 8.47. The first-order valence-electron chi connectivity index (χ1n) is 8.02. The second kappa shape index (κ2) is 8.15. The van der Waals surface area contributed by atoms with Gasteiger partial charge in [0.1, 0.15) is 5.60 Å². The molecule has 1 aliphatic heterocycles. The highest BCUT2D eigenvalue weighted by molar-refractivity contribution is 7.86. The monoisotopic (exact) mass is 335 g/mol. The average molecular weight is 335 g/mol. The van der Waals surface area contributed by atoms with Crippen LogP contribution in [-0.4, -0.2) is 50.0 Å². The number of unbranched alkanes of at least 4 members (excludes halogenated alkanes) is 3. The van der Waals surface area contributed by atoms with Crippen LogP contribution in [-0.2, 0) is 19.0 Å². The van der Waals surface area contributed by atoms with E-state index in [0.717, 1.165) is 19.3 Å². The van der Waals surface area contributed by atoms with Gasteiger partial charge in [-0.1, -0.05) is 26.2 Å². The largest absolute Gasteiger partial charge is 0.444 e. The van der Waals surface area contributed by atoms with Crippen LogP contribution in [0.1, 0.15) is 59.8 Å². The lowest BCUT2D eigenvalue weighted by Gasteiger charge is -2.24. The second-order valence-electron chi connectivity index (χ2n) is 6.76. The van der Waals surface area contributed by atoms with Crippen molar-refractivity contribution in [3.8, 4) is 0 Å². The number of carbonyl (C=O) groups excluding carboxylic acids is 1.